The average molecular weight is 259 g/mol. The van der Waals surface area contributed by atoms with Crippen LogP contribution in [0.3, 0.4) is 0 Å². The normalized spacial score (nSPS) is 17.9. The summed E-state index contributed by atoms with van der Waals surface area (Å²) in [5.74, 6) is -0.417. The highest BCUT2D eigenvalue weighted by Crippen LogP contribution is 2.31. The lowest BCUT2D eigenvalue weighted by Crippen LogP contribution is -2.34. The zero-order chi connectivity index (χ0) is 14.0. The standard InChI is InChI=1S/C15H17NO3/c1-15(2)10-13(18)16(14(15)19)9-8-12(17)11-6-4-3-5-7-11/h3-7H,8-10H2,1-2H3. The van der Waals surface area contributed by atoms with E-state index in [0.717, 1.165) is 0 Å². The molecule has 0 spiro atoms. The Kier molecular flexibility index (Phi) is 3.51. The zero-order valence-corrected chi connectivity index (χ0v) is 11.2. The number of rotatable bonds is 4. The Morgan fingerprint density at radius 3 is 2.37 bits per heavy atom. The molecule has 2 amide bonds. The zero-order valence-electron chi connectivity index (χ0n) is 11.2. The van der Waals surface area contributed by atoms with Crippen LogP contribution in [0, 0.1) is 5.41 Å². The highest BCUT2D eigenvalue weighted by molar-refractivity contribution is 6.06. The molecule has 0 atom stereocenters. The van der Waals surface area contributed by atoms with Gasteiger partial charge in [0.05, 0.1) is 5.41 Å². The highest BCUT2D eigenvalue weighted by atomic mass is 16.2. The first-order chi connectivity index (χ1) is 8.92. The molecule has 19 heavy (non-hydrogen) atoms. The molecule has 1 aromatic rings. The van der Waals surface area contributed by atoms with Crippen LogP contribution in [0.25, 0.3) is 0 Å². The van der Waals surface area contributed by atoms with E-state index in [1.54, 1.807) is 38.1 Å². The Bertz CT molecular complexity index is 519. The van der Waals surface area contributed by atoms with Gasteiger partial charge >= 0.3 is 0 Å². The molecular weight excluding hydrogens is 242 g/mol. The quantitative estimate of drug-likeness (QED) is 0.614. The van der Waals surface area contributed by atoms with Crippen LogP contribution in [-0.2, 0) is 9.59 Å². The summed E-state index contributed by atoms with van der Waals surface area (Å²) in [6.45, 7) is 3.69. The van der Waals surface area contributed by atoms with E-state index >= 15 is 0 Å². The molecule has 0 aliphatic carbocycles. The van der Waals surface area contributed by atoms with Gasteiger partial charge in [-0.3, -0.25) is 19.3 Å². The van der Waals surface area contributed by atoms with Crippen LogP contribution >= 0.6 is 0 Å². The lowest BCUT2D eigenvalue weighted by molar-refractivity contribution is -0.140. The van der Waals surface area contributed by atoms with Crippen molar-refractivity contribution in [2.24, 2.45) is 5.41 Å². The predicted molar refractivity (Wildman–Crippen MR) is 70.5 cm³/mol. The van der Waals surface area contributed by atoms with Gasteiger partial charge in [0.1, 0.15) is 0 Å². The third-order valence-corrected chi connectivity index (χ3v) is 3.38. The third-order valence-electron chi connectivity index (χ3n) is 3.38. The van der Waals surface area contributed by atoms with E-state index < -0.39 is 5.41 Å². The molecule has 1 aromatic carbocycles. The van der Waals surface area contributed by atoms with Crippen LogP contribution in [0.1, 0.15) is 37.0 Å². The second-order valence-electron chi connectivity index (χ2n) is 5.45. The lowest BCUT2D eigenvalue weighted by Gasteiger charge is -2.17. The number of carbonyl (C=O) groups is 3. The van der Waals surface area contributed by atoms with Crippen molar-refractivity contribution in [1.82, 2.24) is 4.90 Å². The number of nitrogens with zero attached hydrogens (tertiary/aromatic N) is 1. The third kappa shape index (κ3) is 2.72. The first-order valence-electron chi connectivity index (χ1n) is 6.35. The maximum Gasteiger partial charge on any atom is 0.235 e. The number of Topliss-reactive ketones (excluding diaryl/α,β-unsaturated/α-hetero) is 1. The van der Waals surface area contributed by atoms with Crippen molar-refractivity contribution in [2.45, 2.75) is 26.7 Å². The number of hydrogen-bond donors (Lipinski definition) is 0. The van der Waals surface area contributed by atoms with E-state index in [1.807, 2.05) is 6.07 Å². The summed E-state index contributed by atoms with van der Waals surface area (Å²) in [7, 11) is 0. The van der Waals surface area contributed by atoms with Gasteiger partial charge < -0.3 is 0 Å². The Hall–Kier alpha value is -1.97. The molecule has 0 N–H and O–H groups in total. The molecule has 0 unspecified atom stereocenters. The summed E-state index contributed by atoms with van der Waals surface area (Å²) >= 11 is 0. The summed E-state index contributed by atoms with van der Waals surface area (Å²) in [5.41, 5.74) is -0.0202. The maximum absolute atomic E-state index is 12.0. The van der Waals surface area contributed by atoms with Gasteiger partial charge in [-0.25, -0.2) is 0 Å². The van der Waals surface area contributed by atoms with Gasteiger partial charge in [-0.1, -0.05) is 44.2 Å². The summed E-state index contributed by atoms with van der Waals surface area (Å²) in [5, 5.41) is 0. The van der Waals surface area contributed by atoms with Gasteiger partial charge in [-0.15, -0.1) is 0 Å². The van der Waals surface area contributed by atoms with Crippen molar-refractivity contribution in [3.8, 4) is 0 Å². The van der Waals surface area contributed by atoms with E-state index in [9.17, 15) is 14.4 Å². The number of hydrogen-bond acceptors (Lipinski definition) is 3. The number of likely N-dealkylation sites (tertiary alicyclic amines) is 1. The minimum atomic E-state index is -0.632. The topological polar surface area (TPSA) is 54.5 Å². The van der Waals surface area contributed by atoms with E-state index in [4.69, 9.17) is 0 Å². The lowest BCUT2D eigenvalue weighted by atomic mass is 9.92. The Morgan fingerprint density at radius 2 is 1.84 bits per heavy atom. The smallest absolute Gasteiger partial charge is 0.235 e. The highest BCUT2D eigenvalue weighted by Gasteiger charge is 2.44. The number of benzene rings is 1. The van der Waals surface area contributed by atoms with Crippen molar-refractivity contribution in [1.29, 1.82) is 0 Å². The van der Waals surface area contributed by atoms with Crippen molar-refractivity contribution in [2.75, 3.05) is 6.54 Å². The SMILES string of the molecule is CC1(C)CC(=O)N(CCC(=O)c2ccccc2)C1=O. The van der Waals surface area contributed by atoms with Crippen molar-refractivity contribution in [3.63, 3.8) is 0 Å². The van der Waals surface area contributed by atoms with Gasteiger partial charge in [-0.2, -0.15) is 0 Å². The number of amides is 2. The summed E-state index contributed by atoms with van der Waals surface area (Å²) in [4.78, 5) is 36.9. The molecule has 1 aliphatic heterocycles. The predicted octanol–water partition coefficient (Wildman–Crippen LogP) is 2.04. The van der Waals surface area contributed by atoms with Gasteiger partial charge in [0.2, 0.25) is 11.8 Å². The minimum Gasteiger partial charge on any atom is -0.294 e. The van der Waals surface area contributed by atoms with E-state index in [2.05, 4.69) is 0 Å². The Morgan fingerprint density at radius 1 is 1.21 bits per heavy atom. The van der Waals surface area contributed by atoms with Gasteiger partial charge in [-0.05, 0) is 0 Å². The molecule has 2 rings (SSSR count). The molecule has 0 aromatic heterocycles. The molecule has 1 heterocycles. The molecule has 1 saturated heterocycles. The molecule has 1 aliphatic rings. The van der Waals surface area contributed by atoms with Crippen LogP contribution in [0.15, 0.2) is 30.3 Å². The fraction of sp³-hybridized carbons (Fsp3) is 0.400. The second-order valence-corrected chi connectivity index (χ2v) is 5.45. The summed E-state index contributed by atoms with van der Waals surface area (Å²) < 4.78 is 0. The monoisotopic (exact) mass is 259 g/mol. The van der Waals surface area contributed by atoms with Crippen molar-refractivity contribution >= 4 is 17.6 Å². The van der Waals surface area contributed by atoms with Crippen LogP contribution in [-0.4, -0.2) is 29.0 Å². The van der Waals surface area contributed by atoms with E-state index in [1.165, 1.54) is 4.90 Å². The fourth-order valence-electron chi connectivity index (χ4n) is 2.24. The molecule has 4 nitrogen and oxygen atoms in total. The Labute approximate surface area is 112 Å². The number of imide groups is 1. The van der Waals surface area contributed by atoms with Gasteiger partial charge in [0.25, 0.3) is 0 Å². The van der Waals surface area contributed by atoms with Crippen LogP contribution in [0.4, 0.5) is 0 Å². The van der Waals surface area contributed by atoms with E-state index in [0.29, 0.717) is 5.56 Å². The average Bonchev–Trinajstić information content (AvgIpc) is 2.57. The Balaban J connectivity index is 1.99. The summed E-state index contributed by atoms with van der Waals surface area (Å²) in [6, 6.07) is 8.90. The second kappa shape index (κ2) is 4.96. The number of ketones is 1. The molecule has 1 fully saturated rings. The van der Waals surface area contributed by atoms with Crippen LogP contribution in [0.5, 0.6) is 0 Å². The maximum atomic E-state index is 12.0. The van der Waals surface area contributed by atoms with Gasteiger partial charge in [0, 0.05) is 24.9 Å². The van der Waals surface area contributed by atoms with Crippen molar-refractivity contribution in [3.05, 3.63) is 35.9 Å². The van der Waals surface area contributed by atoms with Crippen LogP contribution in [0.2, 0.25) is 0 Å². The van der Waals surface area contributed by atoms with Crippen molar-refractivity contribution < 1.29 is 14.4 Å². The van der Waals surface area contributed by atoms with Crippen LogP contribution < -0.4 is 0 Å². The molecule has 0 radical (unpaired) electrons. The minimum absolute atomic E-state index is 0.0501. The molecular formula is C15H17NO3. The first-order valence-corrected chi connectivity index (χ1v) is 6.35. The molecule has 4 heteroatoms. The largest absolute Gasteiger partial charge is 0.294 e. The molecule has 100 valence electrons. The van der Waals surface area contributed by atoms with E-state index in [-0.39, 0.29) is 37.0 Å². The number of carbonyl (C=O) groups excluding carboxylic acids is 3. The first kappa shape index (κ1) is 13.5. The van der Waals surface area contributed by atoms with Gasteiger partial charge in [0.15, 0.2) is 5.78 Å². The fourth-order valence-corrected chi connectivity index (χ4v) is 2.24. The molecule has 0 bridgehead atoms. The summed E-state index contributed by atoms with van der Waals surface area (Å²) in [6.07, 6.45) is 0.406. The molecule has 0 saturated carbocycles.